The number of carbonyl (C=O) groups excluding carboxylic acids is 1. The summed E-state index contributed by atoms with van der Waals surface area (Å²) in [5.41, 5.74) is 2.12. The molecule has 6 nitrogen and oxygen atoms in total. The van der Waals surface area contributed by atoms with Gasteiger partial charge in [0.15, 0.2) is 9.50 Å². The van der Waals surface area contributed by atoms with Crippen LogP contribution in [0.3, 0.4) is 0 Å². The molecule has 1 atom stereocenters. The minimum Gasteiger partial charge on any atom is -0.349 e. The maximum atomic E-state index is 12.4. The molecular formula is C22H23N5OS3. The summed E-state index contributed by atoms with van der Waals surface area (Å²) in [6.45, 7) is 4.81. The molecule has 1 unspecified atom stereocenters. The fraction of sp³-hybridized carbons (Fsp3) is 0.273. The van der Waals surface area contributed by atoms with Crippen molar-refractivity contribution in [1.82, 2.24) is 25.1 Å². The fourth-order valence-corrected chi connectivity index (χ4v) is 5.97. The van der Waals surface area contributed by atoms with E-state index in [4.69, 9.17) is 0 Å². The Kier molecular flexibility index (Phi) is 7.26. The minimum absolute atomic E-state index is 0.0163. The Hall–Kier alpha value is -2.36. The molecule has 4 aromatic rings. The van der Waals surface area contributed by atoms with Crippen molar-refractivity contribution < 1.29 is 4.79 Å². The molecule has 0 spiro atoms. The Bertz CT molecular complexity index is 1130. The number of carbonyl (C=O) groups is 1. The zero-order valence-electron chi connectivity index (χ0n) is 17.3. The van der Waals surface area contributed by atoms with Crippen LogP contribution in [0.15, 0.2) is 64.1 Å². The van der Waals surface area contributed by atoms with Gasteiger partial charge in [-0.25, -0.2) is 4.98 Å². The molecule has 0 saturated heterocycles. The third-order valence-corrected chi connectivity index (χ3v) is 7.86. The third-order valence-electron chi connectivity index (χ3n) is 4.72. The summed E-state index contributed by atoms with van der Waals surface area (Å²) in [6.07, 6.45) is 0. The maximum Gasteiger partial charge on any atom is 0.230 e. The minimum atomic E-state index is -0.0286. The van der Waals surface area contributed by atoms with Crippen LogP contribution >= 0.6 is 34.9 Å². The second-order valence-electron chi connectivity index (χ2n) is 6.87. The highest BCUT2D eigenvalue weighted by Gasteiger charge is 2.15. The van der Waals surface area contributed by atoms with Gasteiger partial charge in [0.2, 0.25) is 5.91 Å². The number of thiazole rings is 1. The topological polar surface area (TPSA) is 72.7 Å². The molecule has 0 radical (unpaired) electrons. The first kappa shape index (κ1) is 21.9. The normalized spacial score (nSPS) is 12.2. The molecule has 2 heterocycles. The molecule has 160 valence electrons. The summed E-state index contributed by atoms with van der Waals surface area (Å²) in [7, 11) is 0. The molecule has 0 saturated carbocycles. The van der Waals surface area contributed by atoms with Gasteiger partial charge >= 0.3 is 0 Å². The molecule has 31 heavy (non-hydrogen) atoms. The Balaban J connectivity index is 1.33. The molecule has 0 fully saturated rings. The number of amides is 1. The highest BCUT2D eigenvalue weighted by Crippen LogP contribution is 2.31. The van der Waals surface area contributed by atoms with Gasteiger partial charge in [-0.1, -0.05) is 66.0 Å². The van der Waals surface area contributed by atoms with Crippen molar-refractivity contribution in [3.05, 3.63) is 66.0 Å². The van der Waals surface area contributed by atoms with Crippen molar-refractivity contribution >= 4 is 51.0 Å². The number of hydrogen-bond donors (Lipinski definition) is 1. The molecule has 0 aliphatic rings. The van der Waals surface area contributed by atoms with E-state index in [9.17, 15) is 4.79 Å². The van der Waals surface area contributed by atoms with Crippen LogP contribution in [0.5, 0.6) is 0 Å². The van der Waals surface area contributed by atoms with E-state index in [1.165, 1.54) is 16.5 Å². The van der Waals surface area contributed by atoms with Gasteiger partial charge in [-0.3, -0.25) is 4.79 Å². The summed E-state index contributed by atoms with van der Waals surface area (Å²) in [6, 6.07) is 18.1. The van der Waals surface area contributed by atoms with Crippen LogP contribution < -0.4 is 5.32 Å². The van der Waals surface area contributed by atoms with Crippen LogP contribution in [0.2, 0.25) is 0 Å². The number of nitrogens with one attached hydrogen (secondary N) is 1. The monoisotopic (exact) mass is 469 g/mol. The van der Waals surface area contributed by atoms with Crippen molar-refractivity contribution in [2.75, 3.05) is 5.75 Å². The molecule has 0 aliphatic heterocycles. The fourth-order valence-electron chi connectivity index (χ4n) is 3.13. The van der Waals surface area contributed by atoms with Crippen LogP contribution in [0, 0.1) is 0 Å². The molecule has 1 amide bonds. The highest BCUT2D eigenvalue weighted by atomic mass is 32.2. The highest BCUT2D eigenvalue weighted by molar-refractivity contribution is 8.00. The smallest absolute Gasteiger partial charge is 0.230 e. The number of nitrogens with zero attached hydrogens (tertiary/aromatic N) is 4. The Morgan fingerprint density at radius 1 is 1.10 bits per heavy atom. The molecule has 9 heteroatoms. The number of fused-ring (bicyclic) bond motifs is 1. The summed E-state index contributed by atoms with van der Waals surface area (Å²) in [5, 5.41) is 12.5. The lowest BCUT2D eigenvalue weighted by Crippen LogP contribution is -2.28. The van der Waals surface area contributed by atoms with Crippen LogP contribution in [0.1, 0.15) is 31.3 Å². The summed E-state index contributed by atoms with van der Waals surface area (Å²) in [5.74, 6) is 1.88. The lowest BCUT2D eigenvalue weighted by molar-refractivity contribution is -0.119. The van der Waals surface area contributed by atoms with Gasteiger partial charge in [-0.15, -0.1) is 21.5 Å². The zero-order chi connectivity index (χ0) is 21.6. The van der Waals surface area contributed by atoms with Gasteiger partial charge in [-0.2, -0.15) is 0 Å². The lowest BCUT2D eigenvalue weighted by atomic mass is 10.1. The largest absolute Gasteiger partial charge is 0.349 e. The predicted molar refractivity (Wildman–Crippen MR) is 129 cm³/mol. The first-order valence-corrected chi connectivity index (χ1v) is 12.8. The van der Waals surface area contributed by atoms with E-state index in [-0.39, 0.29) is 11.9 Å². The molecule has 2 aromatic carbocycles. The Morgan fingerprint density at radius 3 is 2.65 bits per heavy atom. The second-order valence-corrected chi connectivity index (χ2v) is 10.1. The molecule has 0 aliphatic carbocycles. The third kappa shape index (κ3) is 5.47. The maximum absolute atomic E-state index is 12.4. The number of thioether (sulfide) groups is 2. The van der Waals surface area contributed by atoms with E-state index >= 15 is 0 Å². The van der Waals surface area contributed by atoms with Crippen molar-refractivity contribution in [1.29, 1.82) is 0 Å². The van der Waals surface area contributed by atoms with E-state index in [2.05, 4.69) is 38.1 Å². The van der Waals surface area contributed by atoms with E-state index < -0.39 is 0 Å². The number of benzene rings is 2. The number of rotatable bonds is 9. The van der Waals surface area contributed by atoms with Crippen molar-refractivity contribution in [2.24, 2.45) is 0 Å². The number of hydrogen-bond acceptors (Lipinski definition) is 7. The van der Waals surface area contributed by atoms with Crippen molar-refractivity contribution in [2.45, 2.75) is 41.7 Å². The van der Waals surface area contributed by atoms with Gasteiger partial charge in [-0.05, 0) is 31.5 Å². The predicted octanol–water partition coefficient (Wildman–Crippen LogP) is 5.17. The van der Waals surface area contributed by atoms with Gasteiger partial charge in [0.25, 0.3) is 0 Å². The lowest BCUT2D eigenvalue weighted by Gasteiger charge is -2.14. The summed E-state index contributed by atoms with van der Waals surface area (Å²) in [4.78, 5) is 17.1. The summed E-state index contributed by atoms with van der Waals surface area (Å²) < 4.78 is 4.28. The zero-order valence-corrected chi connectivity index (χ0v) is 19.8. The van der Waals surface area contributed by atoms with E-state index in [0.29, 0.717) is 11.5 Å². The van der Waals surface area contributed by atoms with Crippen LogP contribution in [-0.4, -0.2) is 31.4 Å². The van der Waals surface area contributed by atoms with Gasteiger partial charge < -0.3 is 9.88 Å². The van der Waals surface area contributed by atoms with Crippen molar-refractivity contribution in [3.8, 4) is 0 Å². The van der Waals surface area contributed by atoms with Crippen LogP contribution in [0.4, 0.5) is 0 Å². The molecule has 0 bridgehead atoms. The molecular weight excluding hydrogens is 446 g/mol. The van der Waals surface area contributed by atoms with Gasteiger partial charge in [0, 0.05) is 6.54 Å². The van der Waals surface area contributed by atoms with E-state index in [0.717, 1.165) is 32.9 Å². The van der Waals surface area contributed by atoms with Crippen molar-refractivity contribution in [3.63, 3.8) is 0 Å². The van der Waals surface area contributed by atoms with Gasteiger partial charge in [0.1, 0.15) is 5.82 Å². The van der Waals surface area contributed by atoms with E-state index in [1.54, 1.807) is 23.1 Å². The Morgan fingerprint density at radius 2 is 1.87 bits per heavy atom. The quantitative estimate of drug-likeness (QED) is 0.341. The van der Waals surface area contributed by atoms with Crippen LogP contribution in [0.25, 0.3) is 10.2 Å². The first-order valence-electron chi connectivity index (χ1n) is 10.0. The number of para-hydroxylation sites is 1. The molecule has 2 aromatic heterocycles. The SMILES string of the molecule is CCn1c(CSc2nc3ccccc3s2)nnc1SCC(=O)NC(C)c1ccccc1. The Labute approximate surface area is 193 Å². The summed E-state index contributed by atoms with van der Waals surface area (Å²) >= 11 is 4.78. The van der Waals surface area contributed by atoms with Gasteiger partial charge in [0.05, 0.1) is 27.8 Å². The standard InChI is InChI=1S/C22H23N5OS3/c1-3-27-19(13-30-22-24-17-11-7-8-12-18(17)31-22)25-26-21(27)29-14-20(28)23-15(2)16-9-5-4-6-10-16/h4-12,15H,3,13-14H2,1-2H3,(H,23,28). The second kappa shape index (κ2) is 10.3. The first-order chi connectivity index (χ1) is 15.1. The molecule has 1 N–H and O–H groups in total. The average molecular weight is 470 g/mol. The van der Waals surface area contributed by atoms with E-state index in [1.807, 2.05) is 55.5 Å². The van der Waals surface area contributed by atoms with Crippen LogP contribution in [-0.2, 0) is 17.1 Å². The number of aromatic nitrogens is 4. The average Bonchev–Trinajstić information content (AvgIpc) is 3.39. The molecule has 4 rings (SSSR count).